The second-order valence-electron chi connectivity index (χ2n) is 5.25. The van der Waals surface area contributed by atoms with Crippen LogP contribution < -0.4 is 5.43 Å². The molecule has 19 heavy (non-hydrogen) atoms. The van der Waals surface area contributed by atoms with Gasteiger partial charge in [-0.2, -0.15) is 5.10 Å². The summed E-state index contributed by atoms with van der Waals surface area (Å²) < 4.78 is 0. The van der Waals surface area contributed by atoms with Crippen LogP contribution in [0.25, 0.3) is 0 Å². The minimum atomic E-state index is 0.0527. The highest BCUT2D eigenvalue weighted by molar-refractivity contribution is 7.13. The van der Waals surface area contributed by atoms with Crippen molar-refractivity contribution >= 4 is 22.7 Å². The Labute approximate surface area is 116 Å². The van der Waals surface area contributed by atoms with Crippen molar-refractivity contribution in [2.24, 2.45) is 5.10 Å². The molecule has 0 saturated carbocycles. The predicted octanol–water partition coefficient (Wildman–Crippen LogP) is 3.59. The lowest BCUT2D eigenvalue weighted by Crippen LogP contribution is -2.11. The van der Waals surface area contributed by atoms with Crippen molar-refractivity contribution in [3.8, 4) is 5.75 Å². The van der Waals surface area contributed by atoms with Gasteiger partial charge in [0, 0.05) is 10.8 Å². The number of phenols is 1. The van der Waals surface area contributed by atoms with Gasteiger partial charge in [-0.05, 0) is 29.8 Å². The van der Waals surface area contributed by atoms with Crippen LogP contribution in [0.15, 0.2) is 34.7 Å². The minimum absolute atomic E-state index is 0.0527. The molecule has 0 radical (unpaired) electrons. The van der Waals surface area contributed by atoms with Gasteiger partial charge in [-0.3, -0.25) is 5.43 Å². The van der Waals surface area contributed by atoms with E-state index in [0.717, 1.165) is 16.4 Å². The van der Waals surface area contributed by atoms with Crippen LogP contribution in [0.1, 0.15) is 32.0 Å². The lowest BCUT2D eigenvalue weighted by Gasteiger charge is -2.13. The number of aromatic nitrogens is 1. The van der Waals surface area contributed by atoms with Crippen LogP contribution in [0, 0.1) is 0 Å². The van der Waals surface area contributed by atoms with Crippen LogP contribution in [0.2, 0.25) is 0 Å². The summed E-state index contributed by atoms with van der Waals surface area (Å²) in [5.74, 6) is 0.250. The Balaban J connectivity index is 1.99. The van der Waals surface area contributed by atoms with Crippen LogP contribution in [-0.4, -0.2) is 16.3 Å². The van der Waals surface area contributed by atoms with Crippen LogP contribution in [0.5, 0.6) is 5.75 Å². The molecular formula is C14H17N3OS. The number of thiazole rings is 1. The lowest BCUT2D eigenvalue weighted by molar-refractivity contribution is 0.475. The number of rotatable bonds is 3. The fraction of sp³-hybridized carbons (Fsp3) is 0.286. The third-order valence-corrected chi connectivity index (χ3v) is 3.29. The first kappa shape index (κ1) is 13.5. The van der Waals surface area contributed by atoms with Gasteiger partial charge in [-0.25, -0.2) is 4.98 Å². The fourth-order valence-electron chi connectivity index (χ4n) is 1.39. The molecule has 0 fully saturated rings. The first-order valence-electron chi connectivity index (χ1n) is 5.99. The van der Waals surface area contributed by atoms with Crippen molar-refractivity contribution in [2.45, 2.75) is 26.2 Å². The number of aromatic hydroxyl groups is 1. The molecule has 0 saturated heterocycles. The van der Waals surface area contributed by atoms with Gasteiger partial charge in [0.2, 0.25) is 5.13 Å². The maximum Gasteiger partial charge on any atom is 0.203 e. The second kappa shape index (κ2) is 5.40. The molecule has 0 aliphatic carbocycles. The lowest BCUT2D eigenvalue weighted by atomic mass is 9.93. The summed E-state index contributed by atoms with van der Waals surface area (Å²) in [7, 11) is 0. The molecule has 2 rings (SSSR count). The molecule has 0 amide bonds. The Bertz CT molecular complexity index is 567. The van der Waals surface area contributed by atoms with E-state index in [1.807, 2.05) is 5.38 Å². The molecule has 1 heterocycles. The standard InChI is InChI=1S/C14H17N3OS/c1-14(2,3)12-9-19-13(16-12)17-15-8-10-4-6-11(18)7-5-10/h4-9,18H,1-3H3,(H,16,17). The molecule has 0 aliphatic rings. The number of nitrogens with one attached hydrogen (secondary N) is 1. The topological polar surface area (TPSA) is 57.5 Å². The van der Waals surface area contributed by atoms with E-state index in [4.69, 9.17) is 0 Å². The van der Waals surface area contributed by atoms with Crippen LogP contribution in [0.4, 0.5) is 5.13 Å². The molecule has 0 bridgehead atoms. The highest BCUT2D eigenvalue weighted by Gasteiger charge is 2.17. The van der Waals surface area contributed by atoms with Crippen molar-refractivity contribution in [1.82, 2.24) is 4.98 Å². The van der Waals surface area contributed by atoms with Crippen molar-refractivity contribution in [1.29, 1.82) is 0 Å². The summed E-state index contributed by atoms with van der Waals surface area (Å²) in [6.45, 7) is 6.39. The number of nitrogens with zero attached hydrogens (tertiary/aromatic N) is 2. The van der Waals surface area contributed by atoms with Gasteiger partial charge in [0.15, 0.2) is 0 Å². The van der Waals surface area contributed by atoms with Crippen LogP contribution in [0.3, 0.4) is 0 Å². The number of hydrogen-bond acceptors (Lipinski definition) is 5. The quantitative estimate of drug-likeness (QED) is 0.665. The average Bonchev–Trinajstić information content (AvgIpc) is 2.80. The molecule has 5 heteroatoms. The third kappa shape index (κ3) is 3.79. The van der Waals surface area contributed by atoms with E-state index in [9.17, 15) is 5.11 Å². The van der Waals surface area contributed by atoms with E-state index in [1.165, 1.54) is 11.3 Å². The normalized spacial score (nSPS) is 11.9. The zero-order chi connectivity index (χ0) is 13.9. The third-order valence-electron chi connectivity index (χ3n) is 2.54. The maximum atomic E-state index is 9.17. The zero-order valence-corrected chi connectivity index (χ0v) is 12.0. The summed E-state index contributed by atoms with van der Waals surface area (Å²) in [5, 5.41) is 16.1. The first-order valence-corrected chi connectivity index (χ1v) is 6.87. The minimum Gasteiger partial charge on any atom is -0.508 e. The van der Waals surface area contributed by atoms with Crippen molar-refractivity contribution in [3.05, 3.63) is 40.9 Å². The summed E-state index contributed by atoms with van der Waals surface area (Å²) in [6, 6.07) is 6.84. The number of anilines is 1. The van der Waals surface area contributed by atoms with Gasteiger partial charge in [0.25, 0.3) is 0 Å². The molecule has 2 aromatic rings. The largest absolute Gasteiger partial charge is 0.508 e. The molecule has 0 atom stereocenters. The summed E-state index contributed by atoms with van der Waals surface area (Å²) in [4.78, 5) is 4.48. The van der Waals surface area contributed by atoms with Gasteiger partial charge in [0.05, 0.1) is 11.9 Å². The number of benzene rings is 1. The highest BCUT2D eigenvalue weighted by atomic mass is 32.1. The molecule has 1 aromatic heterocycles. The molecule has 100 valence electrons. The van der Waals surface area contributed by atoms with Gasteiger partial charge in [0.1, 0.15) is 5.75 Å². The highest BCUT2D eigenvalue weighted by Crippen LogP contribution is 2.26. The zero-order valence-electron chi connectivity index (χ0n) is 11.2. The van der Waals surface area contributed by atoms with E-state index >= 15 is 0 Å². The molecule has 1 aromatic carbocycles. The summed E-state index contributed by atoms with van der Waals surface area (Å²) in [6.07, 6.45) is 1.69. The molecule has 0 spiro atoms. The molecule has 4 nitrogen and oxygen atoms in total. The van der Waals surface area contributed by atoms with Gasteiger partial charge in [-0.1, -0.05) is 20.8 Å². The van der Waals surface area contributed by atoms with Crippen LogP contribution in [-0.2, 0) is 5.41 Å². The van der Waals surface area contributed by atoms with Crippen molar-refractivity contribution in [3.63, 3.8) is 0 Å². The maximum absolute atomic E-state index is 9.17. The second-order valence-corrected chi connectivity index (χ2v) is 6.11. The molecular weight excluding hydrogens is 258 g/mol. The van der Waals surface area contributed by atoms with Gasteiger partial charge < -0.3 is 5.11 Å². The van der Waals surface area contributed by atoms with Crippen molar-refractivity contribution in [2.75, 3.05) is 5.43 Å². The SMILES string of the molecule is CC(C)(C)c1csc(NN=Cc2ccc(O)cc2)n1. The first-order chi connectivity index (χ1) is 8.95. The Kier molecular flexibility index (Phi) is 3.85. The Morgan fingerprint density at radius 3 is 2.53 bits per heavy atom. The van der Waals surface area contributed by atoms with Crippen LogP contribution >= 0.6 is 11.3 Å². The van der Waals surface area contributed by atoms with Gasteiger partial charge >= 0.3 is 0 Å². The Hall–Kier alpha value is -1.88. The molecule has 2 N–H and O–H groups in total. The number of hydrogen-bond donors (Lipinski definition) is 2. The molecule has 0 unspecified atom stereocenters. The smallest absolute Gasteiger partial charge is 0.203 e. The fourth-order valence-corrected chi connectivity index (χ4v) is 2.28. The van der Waals surface area contributed by atoms with E-state index in [1.54, 1.807) is 30.5 Å². The van der Waals surface area contributed by atoms with Gasteiger partial charge in [-0.15, -0.1) is 11.3 Å². The number of hydrazone groups is 1. The Morgan fingerprint density at radius 1 is 1.26 bits per heavy atom. The number of phenolic OH excluding ortho intramolecular Hbond substituents is 1. The van der Waals surface area contributed by atoms with E-state index in [0.29, 0.717) is 0 Å². The van der Waals surface area contributed by atoms with E-state index < -0.39 is 0 Å². The molecule has 0 aliphatic heterocycles. The summed E-state index contributed by atoms with van der Waals surface area (Å²) in [5.41, 5.74) is 4.94. The van der Waals surface area contributed by atoms with Crippen molar-refractivity contribution < 1.29 is 5.11 Å². The van der Waals surface area contributed by atoms with E-state index in [-0.39, 0.29) is 11.2 Å². The monoisotopic (exact) mass is 275 g/mol. The average molecular weight is 275 g/mol. The van der Waals surface area contributed by atoms with E-state index in [2.05, 4.69) is 36.3 Å². The Morgan fingerprint density at radius 2 is 1.95 bits per heavy atom. The predicted molar refractivity (Wildman–Crippen MR) is 80.1 cm³/mol. The summed E-state index contributed by atoms with van der Waals surface area (Å²) >= 11 is 1.54.